The summed E-state index contributed by atoms with van der Waals surface area (Å²) in [6.07, 6.45) is 2.53. The molecule has 1 aliphatic rings. The van der Waals surface area contributed by atoms with E-state index in [-0.39, 0.29) is 5.56 Å². The second-order valence-corrected chi connectivity index (χ2v) is 6.15. The van der Waals surface area contributed by atoms with Crippen LogP contribution in [0.5, 0.6) is 0 Å². The van der Waals surface area contributed by atoms with E-state index in [1.807, 2.05) is 24.3 Å². The van der Waals surface area contributed by atoms with Crippen LogP contribution >= 0.6 is 11.6 Å². The number of nitrogens with one attached hydrogen (secondary N) is 1. The molecule has 4 nitrogen and oxygen atoms in total. The smallest absolute Gasteiger partial charge is 0.254 e. The van der Waals surface area contributed by atoms with Gasteiger partial charge in [0.2, 0.25) is 0 Å². The minimum atomic E-state index is 0.0332. The van der Waals surface area contributed by atoms with Gasteiger partial charge in [-0.3, -0.25) is 9.69 Å². The van der Waals surface area contributed by atoms with Crippen LogP contribution in [0, 0.1) is 0 Å². The average Bonchev–Trinajstić information content (AvgIpc) is 2.50. The second-order valence-electron chi connectivity index (χ2n) is 5.74. The Balaban J connectivity index is 1.81. The fourth-order valence-corrected chi connectivity index (χ4v) is 3.10. The lowest BCUT2D eigenvalue weighted by molar-refractivity contribution is 0.240. The largest absolute Gasteiger partial charge is 0.310 e. The van der Waals surface area contributed by atoms with Gasteiger partial charge in [-0.25, -0.2) is 4.98 Å². The molecule has 0 atom stereocenters. The molecule has 1 aliphatic heterocycles. The first-order valence-corrected chi connectivity index (χ1v) is 8.12. The number of hydrogen-bond donors (Lipinski definition) is 1. The Morgan fingerprint density at radius 3 is 2.95 bits per heavy atom. The highest BCUT2D eigenvalue weighted by atomic mass is 35.5. The highest BCUT2D eigenvalue weighted by Gasteiger charge is 2.21. The zero-order valence-corrected chi connectivity index (χ0v) is 13.5. The van der Waals surface area contributed by atoms with Crippen molar-refractivity contribution >= 4 is 11.6 Å². The molecule has 1 aromatic heterocycles. The lowest BCUT2D eigenvalue weighted by Gasteiger charge is -2.28. The van der Waals surface area contributed by atoms with Gasteiger partial charge in [-0.2, -0.15) is 0 Å². The van der Waals surface area contributed by atoms with Crippen molar-refractivity contribution in [3.63, 3.8) is 0 Å². The Morgan fingerprint density at radius 1 is 1.36 bits per heavy atom. The number of rotatable bonds is 4. The van der Waals surface area contributed by atoms with Crippen LogP contribution in [-0.4, -0.2) is 21.4 Å². The van der Waals surface area contributed by atoms with E-state index in [4.69, 9.17) is 11.6 Å². The molecule has 0 amide bonds. The van der Waals surface area contributed by atoms with Crippen LogP contribution in [0.1, 0.15) is 36.0 Å². The first kappa shape index (κ1) is 15.3. The quantitative estimate of drug-likeness (QED) is 0.943. The van der Waals surface area contributed by atoms with E-state index in [0.717, 1.165) is 60.0 Å². The van der Waals surface area contributed by atoms with E-state index in [2.05, 4.69) is 21.8 Å². The Labute approximate surface area is 135 Å². The van der Waals surface area contributed by atoms with Crippen LogP contribution in [0.3, 0.4) is 0 Å². The topological polar surface area (TPSA) is 49.0 Å². The number of H-pyrrole nitrogens is 1. The number of aromatic nitrogens is 2. The minimum Gasteiger partial charge on any atom is -0.310 e. The molecule has 0 spiro atoms. The highest BCUT2D eigenvalue weighted by molar-refractivity contribution is 6.31. The fraction of sp³-hybridized carbons (Fsp3) is 0.412. The number of aromatic amines is 1. The molecule has 2 aromatic rings. The maximum atomic E-state index is 12.1. The van der Waals surface area contributed by atoms with Gasteiger partial charge >= 0.3 is 0 Å². The summed E-state index contributed by atoms with van der Waals surface area (Å²) in [6, 6.07) is 7.90. The van der Waals surface area contributed by atoms with Gasteiger partial charge in [0.25, 0.3) is 5.56 Å². The van der Waals surface area contributed by atoms with Crippen molar-refractivity contribution in [3.8, 4) is 0 Å². The van der Waals surface area contributed by atoms with Gasteiger partial charge in [0.05, 0.1) is 5.69 Å². The molecule has 0 fully saturated rings. The fourth-order valence-electron chi connectivity index (χ4n) is 2.90. The van der Waals surface area contributed by atoms with Gasteiger partial charge in [0.1, 0.15) is 5.82 Å². The number of hydrogen-bond acceptors (Lipinski definition) is 3. The first-order chi connectivity index (χ1) is 10.7. The van der Waals surface area contributed by atoms with E-state index in [1.54, 1.807) is 0 Å². The molecule has 0 radical (unpaired) electrons. The SMILES string of the molecule is CCCc1nc2c(c(=O)[nH]1)CCN(Cc1ccccc1Cl)C2. The third-order valence-electron chi connectivity index (χ3n) is 4.04. The zero-order chi connectivity index (χ0) is 15.5. The molecule has 3 rings (SSSR count). The van der Waals surface area contributed by atoms with Gasteiger partial charge in [0, 0.05) is 36.6 Å². The summed E-state index contributed by atoms with van der Waals surface area (Å²) in [6.45, 7) is 4.44. The van der Waals surface area contributed by atoms with Crippen molar-refractivity contribution in [2.45, 2.75) is 39.3 Å². The minimum absolute atomic E-state index is 0.0332. The summed E-state index contributed by atoms with van der Waals surface area (Å²) in [5, 5.41) is 0.791. The summed E-state index contributed by atoms with van der Waals surface area (Å²) < 4.78 is 0. The number of benzene rings is 1. The summed E-state index contributed by atoms with van der Waals surface area (Å²) in [5.41, 5.74) is 2.91. The van der Waals surface area contributed by atoms with Crippen LogP contribution in [0.4, 0.5) is 0 Å². The maximum absolute atomic E-state index is 12.1. The van der Waals surface area contributed by atoms with Crippen LogP contribution < -0.4 is 5.56 Å². The zero-order valence-electron chi connectivity index (χ0n) is 12.7. The molecule has 0 bridgehead atoms. The van der Waals surface area contributed by atoms with Crippen molar-refractivity contribution in [2.75, 3.05) is 6.54 Å². The predicted octanol–water partition coefficient (Wildman–Crippen LogP) is 2.93. The third-order valence-corrected chi connectivity index (χ3v) is 4.41. The molecule has 0 aliphatic carbocycles. The van der Waals surface area contributed by atoms with Gasteiger partial charge in [-0.15, -0.1) is 0 Å². The summed E-state index contributed by atoms with van der Waals surface area (Å²) >= 11 is 6.24. The molecule has 1 N–H and O–H groups in total. The number of fused-ring (bicyclic) bond motifs is 1. The van der Waals surface area contributed by atoms with Gasteiger partial charge in [-0.1, -0.05) is 36.7 Å². The van der Waals surface area contributed by atoms with Crippen molar-refractivity contribution in [3.05, 3.63) is 62.3 Å². The molecule has 116 valence electrons. The highest BCUT2D eigenvalue weighted by Crippen LogP contribution is 2.21. The number of aryl methyl sites for hydroxylation is 1. The van der Waals surface area contributed by atoms with Crippen LogP contribution in [0.25, 0.3) is 0 Å². The van der Waals surface area contributed by atoms with E-state index in [0.29, 0.717) is 6.54 Å². The Bertz CT molecular complexity index is 726. The monoisotopic (exact) mass is 317 g/mol. The molecule has 2 heterocycles. The van der Waals surface area contributed by atoms with Crippen LogP contribution in [0.2, 0.25) is 5.02 Å². The molecule has 1 aromatic carbocycles. The Morgan fingerprint density at radius 2 is 2.18 bits per heavy atom. The molecule has 0 saturated heterocycles. The molecule has 0 saturated carbocycles. The predicted molar refractivity (Wildman–Crippen MR) is 88.1 cm³/mol. The van der Waals surface area contributed by atoms with Crippen LogP contribution in [-0.2, 0) is 25.9 Å². The summed E-state index contributed by atoms with van der Waals surface area (Å²) in [7, 11) is 0. The normalized spacial score (nSPS) is 14.8. The number of nitrogens with zero attached hydrogens (tertiary/aromatic N) is 2. The van der Waals surface area contributed by atoms with Crippen molar-refractivity contribution in [1.29, 1.82) is 0 Å². The maximum Gasteiger partial charge on any atom is 0.254 e. The summed E-state index contributed by atoms with van der Waals surface area (Å²) in [4.78, 5) is 22.0. The molecular formula is C17H20ClN3O. The molecular weight excluding hydrogens is 298 g/mol. The molecule has 22 heavy (non-hydrogen) atoms. The Hall–Kier alpha value is -1.65. The van der Waals surface area contributed by atoms with Crippen molar-refractivity contribution in [2.24, 2.45) is 0 Å². The van der Waals surface area contributed by atoms with E-state index in [9.17, 15) is 4.79 Å². The summed E-state index contributed by atoms with van der Waals surface area (Å²) in [5.74, 6) is 0.797. The second kappa shape index (κ2) is 6.63. The lowest BCUT2D eigenvalue weighted by Crippen LogP contribution is -2.35. The number of halogens is 1. The van der Waals surface area contributed by atoms with Gasteiger partial charge < -0.3 is 4.98 Å². The lowest BCUT2D eigenvalue weighted by atomic mass is 10.1. The van der Waals surface area contributed by atoms with Crippen molar-refractivity contribution in [1.82, 2.24) is 14.9 Å². The van der Waals surface area contributed by atoms with Crippen LogP contribution in [0.15, 0.2) is 29.1 Å². The first-order valence-electron chi connectivity index (χ1n) is 7.74. The average molecular weight is 318 g/mol. The molecule has 0 unspecified atom stereocenters. The van der Waals surface area contributed by atoms with E-state index >= 15 is 0 Å². The van der Waals surface area contributed by atoms with Gasteiger partial charge in [-0.05, 0) is 24.5 Å². The standard InChI is InChI=1S/C17H20ClN3O/c1-2-5-16-19-15-11-21(9-8-13(15)17(22)20-16)10-12-6-3-4-7-14(12)18/h3-4,6-7H,2,5,8-11H2,1H3,(H,19,20,22). The Kier molecular flexibility index (Phi) is 4.60. The van der Waals surface area contributed by atoms with Gasteiger partial charge in [0.15, 0.2) is 0 Å². The molecule has 5 heteroatoms. The van der Waals surface area contributed by atoms with E-state index in [1.165, 1.54) is 0 Å². The van der Waals surface area contributed by atoms with E-state index < -0.39 is 0 Å². The third kappa shape index (κ3) is 3.23. The van der Waals surface area contributed by atoms with Crippen molar-refractivity contribution < 1.29 is 0 Å².